The molecule has 1 aromatic carbocycles. The lowest BCUT2D eigenvalue weighted by molar-refractivity contribution is -0.136. The third-order valence-electron chi connectivity index (χ3n) is 3.75. The largest absolute Gasteiger partial charge is 0.491 e. The summed E-state index contributed by atoms with van der Waals surface area (Å²) in [6, 6.07) is 7.47. The van der Waals surface area contributed by atoms with Gasteiger partial charge in [-0.3, -0.25) is 9.69 Å². The number of ether oxygens (including phenoxy) is 3. The molecule has 1 fully saturated rings. The second-order valence-electron chi connectivity index (χ2n) is 5.38. The lowest BCUT2D eigenvalue weighted by Gasteiger charge is -2.37. The molecular weight excluding hydrogens is 284 g/mol. The zero-order valence-electron chi connectivity index (χ0n) is 13.2. The fourth-order valence-electron chi connectivity index (χ4n) is 2.64. The second kappa shape index (κ2) is 8.12. The molecule has 6 nitrogen and oxygen atoms in total. The van der Waals surface area contributed by atoms with Crippen LogP contribution in [0.2, 0.25) is 0 Å². The molecule has 6 heteroatoms. The molecule has 1 amide bonds. The molecule has 0 unspecified atom stereocenters. The minimum Gasteiger partial charge on any atom is -0.491 e. The molecule has 1 aliphatic rings. The van der Waals surface area contributed by atoms with E-state index in [4.69, 9.17) is 19.9 Å². The molecule has 0 radical (unpaired) electrons. The standard InChI is InChI=1S/C16H24N2O4/c1-12-15(16(17)19)18(7-8-21-12)11-13-3-5-14(6-4-13)22-10-9-20-2/h3-6,12,15H,7-11H2,1-2H3,(H2,17,19)/t12-,15+/m1/s1. The van der Waals surface area contributed by atoms with Gasteiger partial charge in [0.25, 0.3) is 0 Å². The Bertz CT molecular complexity index is 478. The summed E-state index contributed by atoms with van der Waals surface area (Å²) >= 11 is 0. The van der Waals surface area contributed by atoms with Crippen molar-refractivity contribution >= 4 is 5.91 Å². The second-order valence-corrected chi connectivity index (χ2v) is 5.38. The van der Waals surface area contributed by atoms with E-state index in [1.165, 1.54) is 0 Å². The van der Waals surface area contributed by atoms with Crippen LogP contribution < -0.4 is 10.5 Å². The number of nitrogens with zero attached hydrogens (tertiary/aromatic N) is 1. The highest BCUT2D eigenvalue weighted by Gasteiger charge is 2.33. The fraction of sp³-hybridized carbons (Fsp3) is 0.562. The smallest absolute Gasteiger partial charge is 0.237 e. The third kappa shape index (κ3) is 4.43. The average Bonchev–Trinajstić information content (AvgIpc) is 2.49. The van der Waals surface area contributed by atoms with Gasteiger partial charge in [0.05, 0.1) is 19.3 Å². The van der Waals surface area contributed by atoms with Gasteiger partial charge in [-0.05, 0) is 24.6 Å². The molecule has 0 aromatic heterocycles. The predicted octanol–water partition coefficient (Wildman–Crippen LogP) is 0.786. The summed E-state index contributed by atoms with van der Waals surface area (Å²) in [5.41, 5.74) is 6.61. The van der Waals surface area contributed by atoms with Crippen LogP contribution >= 0.6 is 0 Å². The van der Waals surface area contributed by atoms with Gasteiger partial charge in [-0.2, -0.15) is 0 Å². The molecule has 1 aromatic rings. The van der Waals surface area contributed by atoms with Crippen LogP contribution in [0.3, 0.4) is 0 Å². The number of benzene rings is 1. The summed E-state index contributed by atoms with van der Waals surface area (Å²) in [5, 5.41) is 0. The van der Waals surface area contributed by atoms with E-state index < -0.39 is 0 Å². The molecule has 2 rings (SSSR count). The number of carbonyl (C=O) groups is 1. The SMILES string of the molecule is COCCOc1ccc(CN2CCO[C@H](C)[C@H]2C(N)=O)cc1. The molecule has 0 bridgehead atoms. The van der Waals surface area contributed by atoms with Gasteiger partial charge in [-0.15, -0.1) is 0 Å². The Morgan fingerprint density at radius 2 is 2.09 bits per heavy atom. The first-order valence-electron chi connectivity index (χ1n) is 7.47. The maximum Gasteiger partial charge on any atom is 0.237 e. The van der Waals surface area contributed by atoms with Crippen LogP contribution in [-0.2, 0) is 20.8 Å². The third-order valence-corrected chi connectivity index (χ3v) is 3.75. The highest BCUT2D eigenvalue weighted by atomic mass is 16.5. The van der Waals surface area contributed by atoms with Crippen molar-refractivity contribution in [2.75, 3.05) is 33.5 Å². The molecule has 22 heavy (non-hydrogen) atoms. The van der Waals surface area contributed by atoms with Crippen LogP contribution in [0.4, 0.5) is 0 Å². The van der Waals surface area contributed by atoms with Crippen LogP contribution in [0.1, 0.15) is 12.5 Å². The van der Waals surface area contributed by atoms with Crippen molar-refractivity contribution < 1.29 is 19.0 Å². The van der Waals surface area contributed by atoms with Crippen molar-refractivity contribution in [3.05, 3.63) is 29.8 Å². The van der Waals surface area contributed by atoms with Crippen molar-refractivity contribution in [3.8, 4) is 5.75 Å². The Balaban J connectivity index is 1.95. The van der Waals surface area contributed by atoms with Crippen LogP contribution in [0.15, 0.2) is 24.3 Å². The van der Waals surface area contributed by atoms with Crippen LogP contribution in [-0.4, -0.2) is 56.4 Å². The van der Waals surface area contributed by atoms with Crippen molar-refractivity contribution in [3.63, 3.8) is 0 Å². The van der Waals surface area contributed by atoms with E-state index in [1.54, 1.807) is 7.11 Å². The zero-order valence-corrected chi connectivity index (χ0v) is 13.2. The minimum atomic E-state index is -0.383. The summed E-state index contributed by atoms with van der Waals surface area (Å²) in [4.78, 5) is 13.7. The highest BCUT2D eigenvalue weighted by Crippen LogP contribution is 2.19. The fourth-order valence-corrected chi connectivity index (χ4v) is 2.64. The molecule has 0 spiro atoms. The maximum absolute atomic E-state index is 11.6. The Labute approximate surface area is 131 Å². The van der Waals surface area contributed by atoms with Crippen LogP contribution in [0, 0.1) is 0 Å². The molecule has 1 aliphatic heterocycles. The minimum absolute atomic E-state index is 0.178. The summed E-state index contributed by atoms with van der Waals surface area (Å²) in [6.07, 6.45) is -0.178. The van der Waals surface area contributed by atoms with Crippen molar-refractivity contribution in [2.45, 2.75) is 25.6 Å². The number of carbonyl (C=O) groups excluding carboxylic acids is 1. The van der Waals surface area contributed by atoms with Gasteiger partial charge in [-0.25, -0.2) is 0 Å². The van der Waals surface area contributed by atoms with E-state index in [1.807, 2.05) is 31.2 Å². The molecule has 2 N–H and O–H groups in total. The van der Waals surface area contributed by atoms with Crippen LogP contribution in [0.25, 0.3) is 0 Å². The van der Waals surface area contributed by atoms with E-state index in [-0.39, 0.29) is 18.1 Å². The number of amides is 1. The van der Waals surface area contributed by atoms with Crippen molar-refractivity contribution in [1.82, 2.24) is 4.90 Å². The molecule has 0 saturated carbocycles. The zero-order chi connectivity index (χ0) is 15.9. The van der Waals surface area contributed by atoms with Gasteiger partial charge >= 0.3 is 0 Å². The number of nitrogens with two attached hydrogens (primary N) is 1. The van der Waals surface area contributed by atoms with Gasteiger partial charge < -0.3 is 19.9 Å². The number of rotatable bonds is 7. The summed E-state index contributed by atoms with van der Waals surface area (Å²) in [6.45, 7) is 4.95. The monoisotopic (exact) mass is 308 g/mol. The number of hydrogen-bond donors (Lipinski definition) is 1. The highest BCUT2D eigenvalue weighted by molar-refractivity contribution is 5.80. The number of morpholine rings is 1. The van der Waals surface area contributed by atoms with Gasteiger partial charge in [0.15, 0.2) is 0 Å². The molecule has 0 aliphatic carbocycles. The lowest BCUT2D eigenvalue weighted by Crippen LogP contribution is -2.56. The maximum atomic E-state index is 11.6. The van der Waals surface area contributed by atoms with E-state index in [0.717, 1.165) is 11.3 Å². The van der Waals surface area contributed by atoms with Gasteiger partial charge in [0.2, 0.25) is 5.91 Å². The lowest BCUT2D eigenvalue weighted by atomic mass is 10.1. The topological polar surface area (TPSA) is 74.0 Å². The first-order chi connectivity index (χ1) is 10.6. The quantitative estimate of drug-likeness (QED) is 0.754. The Morgan fingerprint density at radius 3 is 2.73 bits per heavy atom. The Morgan fingerprint density at radius 1 is 1.36 bits per heavy atom. The molecule has 2 atom stereocenters. The summed E-state index contributed by atoms with van der Waals surface area (Å²) < 4.78 is 16.0. The normalized spacial score (nSPS) is 22.5. The van der Waals surface area contributed by atoms with E-state index in [2.05, 4.69) is 4.90 Å². The van der Waals surface area contributed by atoms with E-state index in [0.29, 0.717) is 32.9 Å². The number of primary amides is 1. The summed E-state index contributed by atoms with van der Waals surface area (Å²) in [5.74, 6) is 0.467. The Hall–Kier alpha value is -1.63. The van der Waals surface area contributed by atoms with Crippen molar-refractivity contribution in [2.24, 2.45) is 5.73 Å². The van der Waals surface area contributed by atoms with E-state index in [9.17, 15) is 4.79 Å². The molecule has 1 heterocycles. The predicted molar refractivity (Wildman–Crippen MR) is 82.6 cm³/mol. The summed E-state index contributed by atoms with van der Waals surface area (Å²) in [7, 11) is 1.64. The molecule has 122 valence electrons. The first-order valence-corrected chi connectivity index (χ1v) is 7.47. The molecule has 1 saturated heterocycles. The van der Waals surface area contributed by atoms with Gasteiger partial charge in [-0.1, -0.05) is 12.1 Å². The first kappa shape index (κ1) is 16.7. The molecular formula is C16H24N2O4. The van der Waals surface area contributed by atoms with Crippen molar-refractivity contribution in [1.29, 1.82) is 0 Å². The van der Waals surface area contributed by atoms with Crippen LogP contribution in [0.5, 0.6) is 5.75 Å². The van der Waals surface area contributed by atoms with E-state index >= 15 is 0 Å². The number of hydrogen-bond acceptors (Lipinski definition) is 5. The average molecular weight is 308 g/mol. The van der Waals surface area contributed by atoms with Gasteiger partial charge in [0.1, 0.15) is 18.4 Å². The number of methoxy groups -OCH3 is 1. The Kier molecular flexibility index (Phi) is 6.18. The van der Waals surface area contributed by atoms with Gasteiger partial charge in [0, 0.05) is 20.2 Å².